The Hall–Kier alpha value is -1.63. The van der Waals surface area contributed by atoms with Gasteiger partial charge in [-0.15, -0.1) is 0 Å². The van der Waals surface area contributed by atoms with Crippen LogP contribution in [0.4, 0.5) is 0 Å². The number of benzene rings is 1. The monoisotopic (exact) mass is 309 g/mol. The summed E-state index contributed by atoms with van der Waals surface area (Å²) in [5, 5.41) is 9.18. The zero-order valence-corrected chi connectivity index (χ0v) is 13.1. The van der Waals surface area contributed by atoms with Gasteiger partial charge in [0.2, 0.25) is 10.0 Å². The molecule has 0 bridgehead atoms. The van der Waals surface area contributed by atoms with Crippen LogP contribution in [0.15, 0.2) is 39.8 Å². The number of sulfonamides is 1. The molecule has 0 aliphatic carbocycles. The minimum atomic E-state index is -3.61. The Morgan fingerprint density at radius 1 is 1.24 bits per heavy atom. The van der Waals surface area contributed by atoms with Gasteiger partial charge in [0.05, 0.1) is 17.8 Å². The molecule has 0 aliphatic rings. The van der Waals surface area contributed by atoms with E-state index >= 15 is 0 Å². The van der Waals surface area contributed by atoms with Crippen molar-refractivity contribution in [2.75, 3.05) is 7.05 Å². The van der Waals surface area contributed by atoms with E-state index in [0.29, 0.717) is 16.9 Å². The molecule has 1 N–H and O–H groups in total. The Balaban J connectivity index is 2.35. The first-order valence-corrected chi connectivity index (χ1v) is 8.00. The normalized spacial score (nSPS) is 12.0. The van der Waals surface area contributed by atoms with E-state index in [9.17, 15) is 13.5 Å². The standard InChI is InChI=1S/C15H19NO4S/c1-11-4-5-13(10-17)8-15(11)21(18,19)16(3)9-14-6-7-20-12(14)2/h4-8,17H,9-10H2,1-3H3. The van der Waals surface area contributed by atoms with Crippen molar-refractivity contribution >= 4 is 10.0 Å². The van der Waals surface area contributed by atoms with Crippen LogP contribution in [0.25, 0.3) is 0 Å². The molecule has 5 nitrogen and oxygen atoms in total. The molecule has 0 spiro atoms. The van der Waals surface area contributed by atoms with E-state index in [1.807, 2.05) is 0 Å². The lowest BCUT2D eigenvalue weighted by molar-refractivity contribution is 0.281. The van der Waals surface area contributed by atoms with Crippen LogP contribution in [0, 0.1) is 13.8 Å². The molecule has 1 aromatic carbocycles. The first-order chi connectivity index (χ1) is 9.86. The molecule has 0 saturated carbocycles. The number of furan rings is 1. The van der Waals surface area contributed by atoms with Gasteiger partial charge in [0.25, 0.3) is 0 Å². The number of hydrogen-bond donors (Lipinski definition) is 1. The SMILES string of the molecule is Cc1ccc(CO)cc1S(=O)(=O)N(C)Cc1ccoc1C. The zero-order valence-electron chi connectivity index (χ0n) is 12.3. The number of nitrogens with zero attached hydrogens (tertiary/aromatic N) is 1. The molecule has 1 aromatic heterocycles. The molecule has 0 aliphatic heterocycles. The average Bonchev–Trinajstić information content (AvgIpc) is 2.84. The molecule has 1 heterocycles. The van der Waals surface area contributed by atoms with Crippen molar-refractivity contribution in [3.63, 3.8) is 0 Å². The van der Waals surface area contributed by atoms with E-state index in [0.717, 1.165) is 5.56 Å². The quantitative estimate of drug-likeness (QED) is 0.919. The first-order valence-electron chi connectivity index (χ1n) is 6.56. The summed E-state index contributed by atoms with van der Waals surface area (Å²) in [6.45, 7) is 3.60. The fourth-order valence-electron chi connectivity index (χ4n) is 2.09. The molecular formula is C15H19NO4S. The highest BCUT2D eigenvalue weighted by Gasteiger charge is 2.24. The van der Waals surface area contributed by atoms with E-state index in [-0.39, 0.29) is 18.0 Å². The summed E-state index contributed by atoms with van der Waals surface area (Å²) in [5.74, 6) is 0.706. The molecular weight excluding hydrogens is 290 g/mol. The summed E-state index contributed by atoms with van der Waals surface area (Å²) in [7, 11) is -2.08. The molecule has 21 heavy (non-hydrogen) atoms. The molecule has 0 fully saturated rings. The molecule has 114 valence electrons. The van der Waals surface area contributed by atoms with Gasteiger partial charge in [0.15, 0.2) is 0 Å². The van der Waals surface area contributed by atoms with Crippen molar-refractivity contribution in [1.29, 1.82) is 0 Å². The van der Waals surface area contributed by atoms with E-state index in [1.54, 1.807) is 38.3 Å². The lowest BCUT2D eigenvalue weighted by Gasteiger charge is -2.18. The maximum absolute atomic E-state index is 12.7. The summed E-state index contributed by atoms with van der Waals surface area (Å²) < 4.78 is 31.8. The fourth-order valence-corrected chi connectivity index (χ4v) is 3.51. The number of hydrogen-bond acceptors (Lipinski definition) is 4. The lowest BCUT2D eigenvalue weighted by Crippen LogP contribution is -2.27. The Kier molecular flexibility index (Phi) is 4.51. The molecule has 0 radical (unpaired) electrons. The third-order valence-electron chi connectivity index (χ3n) is 3.48. The molecule has 0 unspecified atom stereocenters. The van der Waals surface area contributed by atoms with Crippen LogP contribution in [0.5, 0.6) is 0 Å². The first kappa shape index (κ1) is 15.8. The highest BCUT2D eigenvalue weighted by molar-refractivity contribution is 7.89. The van der Waals surface area contributed by atoms with Crippen LogP contribution < -0.4 is 0 Å². The lowest BCUT2D eigenvalue weighted by atomic mass is 10.2. The maximum atomic E-state index is 12.7. The van der Waals surface area contributed by atoms with E-state index in [2.05, 4.69) is 0 Å². The van der Waals surface area contributed by atoms with Crippen LogP contribution in [-0.2, 0) is 23.2 Å². The maximum Gasteiger partial charge on any atom is 0.243 e. The molecule has 0 amide bonds. The summed E-state index contributed by atoms with van der Waals surface area (Å²) in [6, 6.07) is 6.70. The van der Waals surface area contributed by atoms with Gasteiger partial charge < -0.3 is 9.52 Å². The Labute approximate surface area is 124 Å². The molecule has 0 saturated heterocycles. The third-order valence-corrected chi connectivity index (χ3v) is 5.43. The second-order valence-corrected chi connectivity index (χ2v) is 7.03. The Bertz CT molecular complexity index is 734. The van der Waals surface area contributed by atoms with Gasteiger partial charge >= 0.3 is 0 Å². The van der Waals surface area contributed by atoms with Crippen molar-refractivity contribution in [2.24, 2.45) is 0 Å². The van der Waals surface area contributed by atoms with Crippen molar-refractivity contribution in [3.8, 4) is 0 Å². The van der Waals surface area contributed by atoms with Crippen molar-refractivity contribution < 1.29 is 17.9 Å². The number of aliphatic hydroxyl groups is 1. The van der Waals surface area contributed by atoms with Crippen LogP contribution in [0.2, 0.25) is 0 Å². The highest BCUT2D eigenvalue weighted by Crippen LogP contribution is 2.23. The third kappa shape index (κ3) is 3.18. The zero-order chi connectivity index (χ0) is 15.6. The number of aryl methyl sites for hydroxylation is 2. The van der Waals surface area contributed by atoms with Crippen LogP contribution in [0.1, 0.15) is 22.5 Å². The predicted octanol–water partition coefficient (Wildman–Crippen LogP) is 2.21. The van der Waals surface area contributed by atoms with Crippen LogP contribution in [-0.4, -0.2) is 24.9 Å². The Morgan fingerprint density at radius 3 is 2.52 bits per heavy atom. The van der Waals surface area contributed by atoms with E-state index < -0.39 is 10.0 Å². The minimum absolute atomic E-state index is 0.187. The van der Waals surface area contributed by atoms with Gasteiger partial charge in [-0.05, 0) is 37.1 Å². The molecule has 6 heteroatoms. The number of rotatable bonds is 5. The summed E-state index contributed by atoms with van der Waals surface area (Å²) >= 11 is 0. The fraction of sp³-hybridized carbons (Fsp3) is 0.333. The van der Waals surface area contributed by atoms with Gasteiger partial charge in [-0.1, -0.05) is 12.1 Å². The van der Waals surface area contributed by atoms with Gasteiger partial charge in [-0.3, -0.25) is 0 Å². The second-order valence-electron chi connectivity index (χ2n) is 5.02. The topological polar surface area (TPSA) is 70.8 Å². The van der Waals surface area contributed by atoms with Crippen molar-refractivity contribution in [3.05, 3.63) is 53.0 Å². The van der Waals surface area contributed by atoms with E-state index in [4.69, 9.17) is 4.42 Å². The molecule has 0 atom stereocenters. The highest BCUT2D eigenvalue weighted by atomic mass is 32.2. The van der Waals surface area contributed by atoms with Crippen molar-refractivity contribution in [1.82, 2.24) is 4.31 Å². The van der Waals surface area contributed by atoms with Crippen molar-refractivity contribution in [2.45, 2.75) is 31.9 Å². The smallest absolute Gasteiger partial charge is 0.243 e. The average molecular weight is 309 g/mol. The summed E-state index contributed by atoms with van der Waals surface area (Å²) in [4.78, 5) is 0.220. The molecule has 2 aromatic rings. The van der Waals surface area contributed by atoms with Gasteiger partial charge in [-0.25, -0.2) is 8.42 Å². The second kappa shape index (κ2) is 6.01. The van der Waals surface area contributed by atoms with Crippen LogP contribution >= 0.6 is 0 Å². The minimum Gasteiger partial charge on any atom is -0.469 e. The van der Waals surface area contributed by atoms with Gasteiger partial charge in [0, 0.05) is 19.2 Å². The summed E-state index contributed by atoms with van der Waals surface area (Å²) in [6.07, 6.45) is 1.54. The van der Waals surface area contributed by atoms with Gasteiger partial charge in [0.1, 0.15) is 5.76 Å². The number of aliphatic hydroxyl groups excluding tert-OH is 1. The van der Waals surface area contributed by atoms with Gasteiger partial charge in [-0.2, -0.15) is 4.31 Å². The van der Waals surface area contributed by atoms with Crippen LogP contribution in [0.3, 0.4) is 0 Å². The predicted molar refractivity (Wildman–Crippen MR) is 79.2 cm³/mol. The summed E-state index contributed by atoms with van der Waals surface area (Å²) in [5.41, 5.74) is 2.06. The van der Waals surface area contributed by atoms with E-state index in [1.165, 1.54) is 17.4 Å². The largest absolute Gasteiger partial charge is 0.469 e. The Morgan fingerprint density at radius 2 is 1.95 bits per heavy atom. The molecule has 2 rings (SSSR count).